The molecule has 2 heterocycles. The lowest BCUT2D eigenvalue weighted by atomic mass is 9.96. The van der Waals surface area contributed by atoms with Gasteiger partial charge in [0.05, 0.1) is 29.3 Å². The molecule has 0 unspecified atom stereocenters. The number of fused-ring (bicyclic) bond motifs is 4. The number of nitrogens with zero attached hydrogens (tertiary/aromatic N) is 1. The average molecular weight is 345 g/mol. The summed E-state index contributed by atoms with van der Waals surface area (Å²) in [6.45, 7) is 0. The van der Waals surface area contributed by atoms with Crippen molar-refractivity contribution in [3.63, 3.8) is 0 Å². The van der Waals surface area contributed by atoms with Crippen LogP contribution in [-0.4, -0.2) is 18.1 Å². The monoisotopic (exact) mass is 345 g/mol. The SMILES string of the molecule is COC(=O)c1cc2nc3c4c(cccc4c2cc1F)Oc1ccccc1-3. The smallest absolute Gasteiger partial charge is 0.340 e. The van der Waals surface area contributed by atoms with Crippen molar-refractivity contribution in [2.45, 2.75) is 0 Å². The van der Waals surface area contributed by atoms with Crippen molar-refractivity contribution in [1.82, 2.24) is 4.98 Å². The molecule has 1 aliphatic rings. The normalized spacial score (nSPS) is 11.9. The fraction of sp³-hybridized carbons (Fsp3) is 0.0476. The number of carbonyl (C=O) groups is 1. The predicted octanol–water partition coefficient (Wildman–Crippen LogP) is 5.09. The Hall–Kier alpha value is -3.47. The van der Waals surface area contributed by atoms with Gasteiger partial charge in [-0.15, -0.1) is 0 Å². The van der Waals surface area contributed by atoms with Crippen LogP contribution >= 0.6 is 0 Å². The topological polar surface area (TPSA) is 48.4 Å². The summed E-state index contributed by atoms with van der Waals surface area (Å²) in [4.78, 5) is 16.6. The van der Waals surface area contributed by atoms with Gasteiger partial charge < -0.3 is 9.47 Å². The Morgan fingerprint density at radius 1 is 1.04 bits per heavy atom. The number of benzene rings is 3. The first-order valence-electron chi connectivity index (χ1n) is 8.09. The number of halogens is 1. The molecule has 3 aromatic carbocycles. The van der Waals surface area contributed by atoms with Crippen LogP contribution in [0.25, 0.3) is 32.9 Å². The number of hydrogen-bond acceptors (Lipinski definition) is 4. The highest BCUT2D eigenvalue weighted by Gasteiger charge is 2.24. The van der Waals surface area contributed by atoms with Crippen molar-refractivity contribution in [3.8, 4) is 22.8 Å². The second-order valence-electron chi connectivity index (χ2n) is 6.08. The van der Waals surface area contributed by atoms with E-state index < -0.39 is 11.8 Å². The van der Waals surface area contributed by atoms with E-state index in [1.807, 2.05) is 42.5 Å². The molecular formula is C21H12FNO3. The fourth-order valence-corrected chi connectivity index (χ4v) is 3.46. The Labute approximate surface area is 147 Å². The number of esters is 1. The van der Waals surface area contributed by atoms with E-state index in [0.717, 1.165) is 27.8 Å². The number of rotatable bonds is 1. The second kappa shape index (κ2) is 5.26. The lowest BCUT2D eigenvalue weighted by Gasteiger charge is -2.21. The van der Waals surface area contributed by atoms with Gasteiger partial charge in [-0.25, -0.2) is 14.2 Å². The Balaban J connectivity index is 1.94. The number of ether oxygens (including phenoxy) is 2. The standard InChI is InChI=1S/C21H12FNO3/c1-25-21(24)14-10-16-13(9-15(14)22)11-6-4-8-18-19(11)20(23-16)12-5-2-3-7-17(12)26-18/h2-10H,1H3. The minimum Gasteiger partial charge on any atom is -0.465 e. The summed E-state index contributed by atoms with van der Waals surface area (Å²) < 4.78 is 25.1. The summed E-state index contributed by atoms with van der Waals surface area (Å²) in [6, 6.07) is 16.0. The van der Waals surface area contributed by atoms with Crippen LogP contribution in [0.15, 0.2) is 54.6 Å². The molecule has 1 aromatic heterocycles. The minimum atomic E-state index is -0.725. The number of hydrogen-bond donors (Lipinski definition) is 0. The molecule has 0 aliphatic carbocycles. The maximum atomic E-state index is 14.5. The zero-order valence-corrected chi connectivity index (χ0v) is 13.7. The Morgan fingerprint density at radius 2 is 1.85 bits per heavy atom. The highest BCUT2D eigenvalue weighted by atomic mass is 19.1. The molecule has 0 bridgehead atoms. The van der Waals surface area contributed by atoms with Crippen LogP contribution in [0.5, 0.6) is 11.5 Å². The lowest BCUT2D eigenvalue weighted by molar-refractivity contribution is 0.0595. The van der Waals surface area contributed by atoms with E-state index >= 15 is 0 Å². The van der Waals surface area contributed by atoms with E-state index in [0.29, 0.717) is 16.7 Å². The van der Waals surface area contributed by atoms with E-state index in [1.165, 1.54) is 19.2 Å². The van der Waals surface area contributed by atoms with Crippen LogP contribution < -0.4 is 4.74 Å². The third kappa shape index (κ3) is 1.94. The largest absolute Gasteiger partial charge is 0.465 e. The highest BCUT2D eigenvalue weighted by Crippen LogP contribution is 2.47. The van der Waals surface area contributed by atoms with Crippen LogP contribution in [0.3, 0.4) is 0 Å². The lowest BCUT2D eigenvalue weighted by Crippen LogP contribution is -2.05. The Morgan fingerprint density at radius 3 is 2.69 bits per heavy atom. The molecule has 5 rings (SSSR count). The van der Waals surface area contributed by atoms with Crippen LogP contribution in [0.1, 0.15) is 10.4 Å². The summed E-state index contributed by atoms with van der Waals surface area (Å²) in [5.74, 6) is 0.0408. The summed E-state index contributed by atoms with van der Waals surface area (Å²) in [5.41, 5.74) is 2.02. The molecule has 5 heteroatoms. The maximum Gasteiger partial charge on any atom is 0.340 e. The molecule has 1 aliphatic heterocycles. The van der Waals surface area contributed by atoms with Crippen molar-refractivity contribution in [1.29, 1.82) is 0 Å². The number of methoxy groups -OCH3 is 1. The van der Waals surface area contributed by atoms with Crippen molar-refractivity contribution in [2.24, 2.45) is 0 Å². The highest BCUT2D eigenvalue weighted by molar-refractivity contribution is 6.15. The number of aromatic nitrogens is 1. The van der Waals surface area contributed by atoms with E-state index in [1.54, 1.807) is 0 Å². The summed E-state index contributed by atoms with van der Waals surface area (Å²) in [7, 11) is 1.23. The minimum absolute atomic E-state index is 0.129. The first-order chi connectivity index (χ1) is 12.7. The van der Waals surface area contributed by atoms with Crippen molar-refractivity contribution < 1.29 is 18.7 Å². The molecule has 0 radical (unpaired) electrons. The molecule has 26 heavy (non-hydrogen) atoms. The molecule has 0 saturated heterocycles. The van der Waals surface area contributed by atoms with E-state index in [-0.39, 0.29) is 5.56 Å². The second-order valence-corrected chi connectivity index (χ2v) is 6.08. The van der Waals surface area contributed by atoms with E-state index in [9.17, 15) is 9.18 Å². The quantitative estimate of drug-likeness (QED) is 0.314. The molecular weight excluding hydrogens is 333 g/mol. The predicted molar refractivity (Wildman–Crippen MR) is 96.1 cm³/mol. The van der Waals surface area contributed by atoms with Gasteiger partial charge >= 0.3 is 5.97 Å². The molecule has 0 fully saturated rings. The van der Waals surface area contributed by atoms with Gasteiger partial charge in [-0.3, -0.25) is 0 Å². The zero-order valence-electron chi connectivity index (χ0n) is 13.7. The van der Waals surface area contributed by atoms with Gasteiger partial charge in [0, 0.05) is 10.9 Å². The maximum absolute atomic E-state index is 14.5. The van der Waals surface area contributed by atoms with Crippen LogP contribution in [0.2, 0.25) is 0 Å². The summed E-state index contributed by atoms with van der Waals surface area (Å²) >= 11 is 0. The molecule has 0 N–H and O–H groups in total. The molecule has 0 spiro atoms. The number of para-hydroxylation sites is 1. The molecule has 0 saturated carbocycles. The first-order valence-corrected chi connectivity index (χ1v) is 8.09. The summed E-state index contributed by atoms with van der Waals surface area (Å²) in [5, 5.41) is 2.29. The third-order valence-electron chi connectivity index (χ3n) is 4.64. The van der Waals surface area contributed by atoms with E-state index in [4.69, 9.17) is 9.72 Å². The van der Waals surface area contributed by atoms with Crippen LogP contribution in [-0.2, 0) is 4.74 Å². The van der Waals surface area contributed by atoms with Crippen molar-refractivity contribution in [2.75, 3.05) is 7.11 Å². The zero-order chi connectivity index (χ0) is 17.8. The van der Waals surface area contributed by atoms with Gasteiger partial charge in [0.2, 0.25) is 0 Å². The van der Waals surface area contributed by atoms with Gasteiger partial charge in [0.15, 0.2) is 0 Å². The third-order valence-corrected chi connectivity index (χ3v) is 4.64. The molecule has 0 atom stereocenters. The number of carbonyl (C=O) groups excluding carboxylic acids is 1. The van der Waals surface area contributed by atoms with Crippen molar-refractivity contribution >= 4 is 27.6 Å². The first kappa shape index (κ1) is 14.8. The van der Waals surface area contributed by atoms with Gasteiger partial charge in [-0.05, 0) is 35.7 Å². The molecule has 0 amide bonds. The fourth-order valence-electron chi connectivity index (χ4n) is 3.46. The van der Waals surface area contributed by atoms with E-state index in [2.05, 4.69) is 4.74 Å². The molecule has 4 nitrogen and oxygen atoms in total. The Kier molecular flexibility index (Phi) is 3.00. The molecule has 126 valence electrons. The van der Waals surface area contributed by atoms with Gasteiger partial charge in [-0.2, -0.15) is 0 Å². The Bertz CT molecular complexity index is 1230. The van der Waals surface area contributed by atoms with Crippen molar-refractivity contribution in [3.05, 3.63) is 66.0 Å². The van der Waals surface area contributed by atoms with Gasteiger partial charge in [0.25, 0.3) is 0 Å². The van der Waals surface area contributed by atoms with Crippen LogP contribution in [0.4, 0.5) is 4.39 Å². The van der Waals surface area contributed by atoms with Crippen LogP contribution in [0, 0.1) is 5.82 Å². The molecule has 4 aromatic rings. The van der Waals surface area contributed by atoms with Gasteiger partial charge in [-0.1, -0.05) is 24.3 Å². The average Bonchev–Trinajstić information content (AvgIpc) is 2.67. The van der Waals surface area contributed by atoms with Gasteiger partial charge in [0.1, 0.15) is 17.3 Å². The number of pyridine rings is 1. The summed E-state index contributed by atoms with van der Waals surface area (Å²) in [6.07, 6.45) is 0.